The van der Waals surface area contributed by atoms with Crippen molar-refractivity contribution in [2.24, 2.45) is 0 Å². The topological polar surface area (TPSA) is 54.5 Å². The van der Waals surface area contributed by atoms with Gasteiger partial charge in [0.05, 0.1) is 16.3 Å². The summed E-state index contributed by atoms with van der Waals surface area (Å²) in [7, 11) is 0. The van der Waals surface area contributed by atoms with Gasteiger partial charge in [-0.15, -0.1) is 0 Å². The van der Waals surface area contributed by atoms with Gasteiger partial charge in [-0.05, 0) is 12.1 Å². The van der Waals surface area contributed by atoms with Crippen molar-refractivity contribution in [1.82, 2.24) is 14.8 Å². The summed E-state index contributed by atoms with van der Waals surface area (Å²) in [6.45, 7) is 6.15. The van der Waals surface area contributed by atoms with Crippen molar-refractivity contribution in [1.29, 1.82) is 5.26 Å². The van der Waals surface area contributed by atoms with E-state index in [1.54, 1.807) is 16.8 Å². The van der Waals surface area contributed by atoms with Crippen LogP contribution in [0.15, 0.2) is 18.3 Å². The molecule has 0 saturated heterocycles. The summed E-state index contributed by atoms with van der Waals surface area (Å²) in [4.78, 5) is 4.19. The average molecular weight is 295 g/mol. The fourth-order valence-electron chi connectivity index (χ4n) is 1.70. The normalized spacial score (nSPS) is 11.4. The molecule has 0 unspecified atom stereocenters. The lowest BCUT2D eigenvalue weighted by Crippen LogP contribution is -2.18. The molecule has 2 rings (SSSR count). The van der Waals surface area contributed by atoms with Crippen LogP contribution >= 0.6 is 23.2 Å². The summed E-state index contributed by atoms with van der Waals surface area (Å²) in [6, 6.07) is 5.34. The number of hydrogen-bond donors (Lipinski definition) is 0. The third-order valence-corrected chi connectivity index (χ3v) is 3.06. The number of nitriles is 1. The highest BCUT2D eigenvalue weighted by atomic mass is 35.5. The van der Waals surface area contributed by atoms with Crippen molar-refractivity contribution < 1.29 is 0 Å². The molecule has 0 bridgehead atoms. The lowest BCUT2D eigenvalue weighted by atomic mass is 9.92. The summed E-state index contributed by atoms with van der Waals surface area (Å²) in [5, 5.41) is 13.8. The van der Waals surface area contributed by atoms with Crippen LogP contribution in [0.25, 0.3) is 5.82 Å². The summed E-state index contributed by atoms with van der Waals surface area (Å²) >= 11 is 12.1. The maximum absolute atomic E-state index is 8.82. The van der Waals surface area contributed by atoms with Gasteiger partial charge in [-0.2, -0.15) is 10.4 Å². The van der Waals surface area contributed by atoms with Crippen molar-refractivity contribution in [2.75, 3.05) is 0 Å². The van der Waals surface area contributed by atoms with Crippen LogP contribution < -0.4 is 0 Å². The van der Waals surface area contributed by atoms with Gasteiger partial charge in [0.25, 0.3) is 0 Å². The maximum atomic E-state index is 8.82. The first kappa shape index (κ1) is 13.9. The molecule has 0 amide bonds. The Hall–Kier alpha value is -1.57. The minimum absolute atomic E-state index is 0.154. The predicted octanol–water partition coefficient (Wildman–Crippen LogP) is 3.74. The third kappa shape index (κ3) is 2.73. The van der Waals surface area contributed by atoms with Crippen LogP contribution in [0.3, 0.4) is 0 Å². The number of rotatable bonds is 1. The first-order valence-electron chi connectivity index (χ1n) is 5.65. The van der Waals surface area contributed by atoms with E-state index in [1.807, 2.05) is 26.8 Å². The summed E-state index contributed by atoms with van der Waals surface area (Å²) in [5.74, 6) is 0.470. The van der Waals surface area contributed by atoms with Crippen LogP contribution in [0, 0.1) is 11.3 Å². The third-order valence-electron chi connectivity index (χ3n) is 2.60. The van der Waals surface area contributed by atoms with E-state index in [1.165, 1.54) is 6.20 Å². The molecule has 0 aromatic carbocycles. The monoisotopic (exact) mass is 294 g/mol. The van der Waals surface area contributed by atoms with Gasteiger partial charge in [0.1, 0.15) is 6.07 Å². The molecule has 98 valence electrons. The smallest absolute Gasteiger partial charge is 0.172 e. The van der Waals surface area contributed by atoms with E-state index in [0.717, 1.165) is 5.69 Å². The molecule has 19 heavy (non-hydrogen) atoms. The Morgan fingerprint density at radius 3 is 2.47 bits per heavy atom. The summed E-state index contributed by atoms with van der Waals surface area (Å²) in [6.07, 6.45) is 1.46. The highest BCUT2D eigenvalue weighted by Gasteiger charge is 2.23. The lowest BCUT2D eigenvalue weighted by molar-refractivity contribution is 0.541. The molecule has 0 aliphatic heterocycles. The largest absolute Gasteiger partial charge is 0.234 e. The predicted molar refractivity (Wildman–Crippen MR) is 74.8 cm³/mol. The van der Waals surface area contributed by atoms with Crippen molar-refractivity contribution in [3.63, 3.8) is 0 Å². The van der Waals surface area contributed by atoms with Crippen molar-refractivity contribution in [3.05, 3.63) is 39.8 Å². The molecule has 2 aromatic heterocycles. The molecule has 0 aliphatic rings. The molecule has 0 fully saturated rings. The van der Waals surface area contributed by atoms with E-state index in [-0.39, 0.29) is 5.41 Å². The molecule has 2 heterocycles. The van der Waals surface area contributed by atoms with Crippen molar-refractivity contribution >= 4 is 23.2 Å². The molecule has 0 saturated carbocycles. The first-order chi connectivity index (χ1) is 8.82. The zero-order valence-corrected chi connectivity index (χ0v) is 12.3. The second kappa shape index (κ2) is 4.84. The standard InChI is InChI=1S/C13H12Cl2N4/c1-13(2,3)10-5-11(15)18-19(10)12-9(14)4-8(6-16)7-17-12/h4-5,7H,1-3H3. The quantitative estimate of drug-likeness (QED) is 0.805. The Bertz CT molecular complexity index is 662. The fourth-order valence-corrected chi connectivity index (χ4v) is 2.12. The fraction of sp³-hybridized carbons (Fsp3) is 0.308. The Morgan fingerprint density at radius 2 is 1.95 bits per heavy atom. The number of aromatic nitrogens is 3. The molecule has 2 aromatic rings. The molecular formula is C13H12Cl2N4. The van der Waals surface area contributed by atoms with E-state index in [9.17, 15) is 0 Å². The second-order valence-corrected chi connectivity index (χ2v) is 5.95. The van der Waals surface area contributed by atoms with Crippen LogP contribution in [-0.2, 0) is 5.41 Å². The Balaban J connectivity index is 2.63. The van der Waals surface area contributed by atoms with E-state index < -0.39 is 0 Å². The van der Waals surface area contributed by atoms with E-state index in [2.05, 4.69) is 10.1 Å². The SMILES string of the molecule is CC(C)(C)c1cc(Cl)nn1-c1ncc(C#N)cc1Cl. The van der Waals surface area contributed by atoms with Gasteiger partial charge in [0.15, 0.2) is 11.0 Å². The summed E-state index contributed by atoms with van der Waals surface area (Å²) < 4.78 is 1.62. The average Bonchev–Trinajstić information content (AvgIpc) is 2.70. The van der Waals surface area contributed by atoms with Gasteiger partial charge < -0.3 is 0 Å². The molecule has 0 atom stereocenters. The zero-order chi connectivity index (χ0) is 14.2. The number of hydrogen-bond acceptors (Lipinski definition) is 3. The van der Waals surface area contributed by atoms with Gasteiger partial charge in [0, 0.05) is 11.6 Å². The first-order valence-corrected chi connectivity index (χ1v) is 6.40. The number of halogens is 2. The van der Waals surface area contributed by atoms with Gasteiger partial charge >= 0.3 is 0 Å². The minimum Gasteiger partial charge on any atom is -0.234 e. The van der Waals surface area contributed by atoms with Crippen LogP contribution in [0.2, 0.25) is 10.2 Å². The van der Waals surface area contributed by atoms with E-state index >= 15 is 0 Å². The number of pyridine rings is 1. The van der Waals surface area contributed by atoms with Gasteiger partial charge in [-0.3, -0.25) is 0 Å². The van der Waals surface area contributed by atoms with Crippen LogP contribution in [-0.4, -0.2) is 14.8 Å². The molecule has 6 heteroatoms. The summed E-state index contributed by atoms with van der Waals surface area (Å²) in [5.41, 5.74) is 1.15. The van der Waals surface area contributed by atoms with Crippen LogP contribution in [0.1, 0.15) is 32.0 Å². The van der Waals surface area contributed by atoms with E-state index in [4.69, 9.17) is 28.5 Å². The zero-order valence-electron chi connectivity index (χ0n) is 10.8. The molecule has 0 spiro atoms. The van der Waals surface area contributed by atoms with Crippen LogP contribution in [0.5, 0.6) is 0 Å². The van der Waals surface area contributed by atoms with Crippen molar-refractivity contribution in [2.45, 2.75) is 26.2 Å². The van der Waals surface area contributed by atoms with Crippen LogP contribution in [0.4, 0.5) is 0 Å². The molecule has 0 radical (unpaired) electrons. The second-order valence-electron chi connectivity index (χ2n) is 5.16. The Labute approximate surface area is 121 Å². The Kier molecular flexibility index (Phi) is 3.53. The highest BCUT2D eigenvalue weighted by Crippen LogP contribution is 2.29. The van der Waals surface area contributed by atoms with Gasteiger partial charge in [-0.25, -0.2) is 9.67 Å². The molecule has 0 aliphatic carbocycles. The van der Waals surface area contributed by atoms with Gasteiger partial charge in [-0.1, -0.05) is 44.0 Å². The maximum Gasteiger partial charge on any atom is 0.172 e. The van der Waals surface area contributed by atoms with E-state index in [0.29, 0.717) is 21.6 Å². The minimum atomic E-state index is -0.154. The number of nitrogens with zero attached hydrogens (tertiary/aromatic N) is 4. The highest BCUT2D eigenvalue weighted by molar-refractivity contribution is 6.32. The molecule has 0 N–H and O–H groups in total. The Morgan fingerprint density at radius 1 is 1.26 bits per heavy atom. The van der Waals surface area contributed by atoms with Crippen molar-refractivity contribution in [3.8, 4) is 11.9 Å². The van der Waals surface area contributed by atoms with Gasteiger partial charge in [0.2, 0.25) is 0 Å². The lowest BCUT2D eigenvalue weighted by Gasteiger charge is -2.20. The molecular weight excluding hydrogens is 283 g/mol. The molecule has 4 nitrogen and oxygen atoms in total.